The molecule has 114 valence electrons. The summed E-state index contributed by atoms with van der Waals surface area (Å²) in [5, 5.41) is 24.0. The van der Waals surface area contributed by atoms with Crippen molar-refractivity contribution in [1.29, 1.82) is 0 Å². The Labute approximate surface area is 137 Å². The summed E-state index contributed by atoms with van der Waals surface area (Å²) in [6, 6.07) is 15.4. The topological polar surface area (TPSA) is 63.3 Å². The Morgan fingerprint density at radius 1 is 1.04 bits per heavy atom. The Balaban J connectivity index is 1.81. The molecule has 5 nitrogen and oxygen atoms in total. The number of para-hydroxylation sites is 1. The van der Waals surface area contributed by atoms with E-state index in [9.17, 15) is 5.11 Å². The first kappa shape index (κ1) is 14.0. The predicted molar refractivity (Wildman–Crippen MR) is 91.0 cm³/mol. The molecule has 1 aliphatic heterocycles. The summed E-state index contributed by atoms with van der Waals surface area (Å²) in [5.74, 6) is 1.60. The first-order chi connectivity index (χ1) is 11.2. The normalized spacial score (nSPS) is 13.5. The number of nitrogens with zero attached hydrogens (tertiary/aromatic N) is 4. The van der Waals surface area contributed by atoms with Crippen molar-refractivity contribution in [2.75, 3.05) is 5.75 Å². The van der Waals surface area contributed by atoms with Crippen LogP contribution in [0.15, 0.2) is 58.8 Å². The van der Waals surface area contributed by atoms with Crippen LogP contribution in [0.3, 0.4) is 0 Å². The SMILES string of the molecule is Cc1ccc(-c2nnc3n2N=C(c2ccccc2O)CS3)cc1. The summed E-state index contributed by atoms with van der Waals surface area (Å²) >= 11 is 1.57. The zero-order valence-corrected chi connectivity index (χ0v) is 13.3. The number of hydrogen-bond acceptors (Lipinski definition) is 5. The largest absolute Gasteiger partial charge is 0.507 e. The second-order valence-corrected chi connectivity index (χ2v) is 6.28. The Kier molecular flexibility index (Phi) is 3.38. The van der Waals surface area contributed by atoms with Crippen LogP contribution < -0.4 is 0 Å². The fraction of sp³-hybridized carbons (Fsp3) is 0.118. The van der Waals surface area contributed by atoms with Crippen LogP contribution in [-0.2, 0) is 0 Å². The van der Waals surface area contributed by atoms with Crippen LogP contribution in [-0.4, -0.2) is 31.4 Å². The third kappa shape index (κ3) is 2.51. The van der Waals surface area contributed by atoms with E-state index in [4.69, 9.17) is 0 Å². The molecule has 23 heavy (non-hydrogen) atoms. The molecule has 0 amide bonds. The van der Waals surface area contributed by atoms with Crippen molar-refractivity contribution in [3.8, 4) is 17.1 Å². The molecule has 3 aromatic rings. The fourth-order valence-corrected chi connectivity index (χ4v) is 3.29. The number of aromatic hydroxyl groups is 1. The maximum atomic E-state index is 10.0. The number of aromatic nitrogens is 3. The van der Waals surface area contributed by atoms with Gasteiger partial charge in [0.25, 0.3) is 0 Å². The monoisotopic (exact) mass is 322 g/mol. The molecule has 4 rings (SSSR count). The number of benzene rings is 2. The number of rotatable bonds is 2. The highest BCUT2D eigenvalue weighted by Gasteiger charge is 2.21. The number of aryl methyl sites for hydroxylation is 1. The lowest BCUT2D eigenvalue weighted by molar-refractivity contribution is 0.474. The zero-order chi connectivity index (χ0) is 15.8. The number of hydrogen-bond donors (Lipinski definition) is 1. The van der Waals surface area contributed by atoms with E-state index < -0.39 is 0 Å². The Morgan fingerprint density at radius 2 is 1.83 bits per heavy atom. The summed E-state index contributed by atoms with van der Waals surface area (Å²) < 4.78 is 1.75. The molecule has 0 aliphatic carbocycles. The van der Waals surface area contributed by atoms with Gasteiger partial charge in [0.1, 0.15) is 5.75 Å². The summed E-state index contributed by atoms with van der Waals surface area (Å²) in [5.41, 5.74) is 3.72. The third-order valence-electron chi connectivity index (χ3n) is 3.70. The van der Waals surface area contributed by atoms with Crippen LogP contribution in [0.1, 0.15) is 11.1 Å². The van der Waals surface area contributed by atoms with Crippen molar-refractivity contribution < 1.29 is 5.11 Å². The Bertz CT molecular complexity index is 899. The molecule has 2 aromatic carbocycles. The molecule has 1 aliphatic rings. The molecule has 0 bridgehead atoms. The van der Waals surface area contributed by atoms with Gasteiger partial charge in [-0.3, -0.25) is 0 Å². The molecule has 0 fully saturated rings. The standard InChI is InChI=1S/C17H14N4OS/c1-11-6-8-12(9-7-11)16-18-19-17-21(16)20-14(10-23-17)13-4-2-3-5-15(13)22/h2-9,22H,10H2,1H3. The Morgan fingerprint density at radius 3 is 2.61 bits per heavy atom. The van der Waals surface area contributed by atoms with Crippen LogP contribution in [0.25, 0.3) is 11.4 Å². The molecular formula is C17H14N4OS. The first-order valence-corrected chi connectivity index (χ1v) is 8.22. The van der Waals surface area contributed by atoms with Crippen LogP contribution in [0.4, 0.5) is 0 Å². The zero-order valence-electron chi connectivity index (χ0n) is 12.5. The van der Waals surface area contributed by atoms with Gasteiger partial charge in [-0.15, -0.1) is 10.2 Å². The maximum absolute atomic E-state index is 10.0. The number of phenols is 1. The van der Waals surface area contributed by atoms with E-state index in [0.29, 0.717) is 11.6 Å². The molecule has 1 N–H and O–H groups in total. The average Bonchev–Trinajstić information content (AvgIpc) is 2.99. The summed E-state index contributed by atoms with van der Waals surface area (Å²) in [6.07, 6.45) is 0. The van der Waals surface area contributed by atoms with Gasteiger partial charge in [0.2, 0.25) is 5.16 Å². The van der Waals surface area contributed by atoms with Crippen molar-refractivity contribution in [3.05, 3.63) is 59.7 Å². The third-order valence-corrected chi connectivity index (χ3v) is 4.63. The van der Waals surface area contributed by atoms with Gasteiger partial charge in [0.05, 0.1) is 5.71 Å². The van der Waals surface area contributed by atoms with Gasteiger partial charge in [-0.2, -0.15) is 9.78 Å². The van der Waals surface area contributed by atoms with Crippen LogP contribution in [0.2, 0.25) is 0 Å². The van der Waals surface area contributed by atoms with E-state index in [1.807, 2.05) is 43.3 Å². The maximum Gasteiger partial charge on any atom is 0.212 e. The predicted octanol–water partition coefficient (Wildman–Crippen LogP) is 3.32. The molecule has 0 saturated carbocycles. The summed E-state index contributed by atoms with van der Waals surface area (Å²) in [7, 11) is 0. The number of thioether (sulfide) groups is 1. The van der Waals surface area contributed by atoms with Crippen molar-refractivity contribution in [1.82, 2.24) is 14.9 Å². The summed E-state index contributed by atoms with van der Waals surface area (Å²) in [4.78, 5) is 0. The second-order valence-electron chi connectivity index (χ2n) is 5.34. The lowest BCUT2D eigenvalue weighted by Crippen LogP contribution is -2.13. The minimum Gasteiger partial charge on any atom is -0.507 e. The number of fused-ring (bicyclic) bond motifs is 1. The second kappa shape index (κ2) is 5.55. The van der Waals surface area contributed by atoms with E-state index in [1.165, 1.54) is 5.56 Å². The van der Waals surface area contributed by atoms with Crippen LogP contribution in [0, 0.1) is 6.92 Å². The molecule has 6 heteroatoms. The molecule has 0 saturated heterocycles. The minimum absolute atomic E-state index is 0.236. The Hall–Kier alpha value is -2.60. The van der Waals surface area contributed by atoms with Gasteiger partial charge in [-0.1, -0.05) is 53.7 Å². The average molecular weight is 322 g/mol. The van der Waals surface area contributed by atoms with Gasteiger partial charge in [-0.25, -0.2) is 0 Å². The lowest BCUT2D eigenvalue weighted by atomic mass is 10.1. The van der Waals surface area contributed by atoms with E-state index >= 15 is 0 Å². The molecule has 0 spiro atoms. The molecule has 0 unspecified atom stereocenters. The molecule has 1 aromatic heterocycles. The van der Waals surface area contributed by atoms with Crippen molar-refractivity contribution >= 4 is 17.5 Å². The van der Waals surface area contributed by atoms with Crippen molar-refractivity contribution in [3.63, 3.8) is 0 Å². The lowest BCUT2D eigenvalue weighted by Gasteiger charge is -2.14. The van der Waals surface area contributed by atoms with E-state index in [-0.39, 0.29) is 5.75 Å². The van der Waals surface area contributed by atoms with E-state index in [2.05, 4.69) is 15.3 Å². The van der Waals surface area contributed by atoms with Crippen LogP contribution >= 0.6 is 11.8 Å². The fourth-order valence-electron chi connectivity index (χ4n) is 2.46. The van der Waals surface area contributed by atoms with Crippen LogP contribution in [0.5, 0.6) is 5.75 Å². The molecule has 0 atom stereocenters. The smallest absolute Gasteiger partial charge is 0.212 e. The molecule has 2 heterocycles. The van der Waals surface area contributed by atoms with Gasteiger partial charge in [0.15, 0.2) is 5.82 Å². The first-order valence-electron chi connectivity index (χ1n) is 7.24. The minimum atomic E-state index is 0.236. The highest BCUT2D eigenvalue weighted by atomic mass is 32.2. The quantitative estimate of drug-likeness (QED) is 0.786. The van der Waals surface area contributed by atoms with Crippen molar-refractivity contribution in [2.24, 2.45) is 5.10 Å². The van der Waals surface area contributed by atoms with Gasteiger partial charge in [0, 0.05) is 16.9 Å². The van der Waals surface area contributed by atoms with Gasteiger partial charge in [-0.05, 0) is 19.1 Å². The molecular weight excluding hydrogens is 308 g/mol. The molecule has 0 radical (unpaired) electrons. The summed E-state index contributed by atoms with van der Waals surface area (Å²) in [6.45, 7) is 2.05. The van der Waals surface area contributed by atoms with E-state index in [0.717, 1.165) is 22.0 Å². The van der Waals surface area contributed by atoms with Gasteiger partial charge >= 0.3 is 0 Å². The van der Waals surface area contributed by atoms with Gasteiger partial charge < -0.3 is 5.11 Å². The number of phenolic OH excluding ortho intramolecular Hbond substituents is 1. The van der Waals surface area contributed by atoms with Crippen molar-refractivity contribution in [2.45, 2.75) is 12.1 Å². The highest BCUT2D eigenvalue weighted by molar-refractivity contribution is 7.99. The highest BCUT2D eigenvalue weighted by Crippen LogP contribution is 2.30. The van der Waals surface area contributed by atoms with E-state index in [1.54, 1.807) is 28.6 Å².